The van der Waals surface area contributed by atoms with E-state index >= 15 is 0 Å². The predicted molar refractivity (Wildman–Crippen MR) is 64.4 cm³/mol. The Morgan fingerprint density at radius 2 is 2.31 bits per heavy atom. The molecular weight excluding hydrogens is 202 g/mol. The van der Waals surface area contributed by atoms with Gasteiger partial charge in [0.15, 0.2) is 0 Å². The van der Waals surface area contributed by atoms with Crippen molar-refractivity contribution < 1.29 is 9.47 Å². The van der Waals surface area contributed by atoms with Crippen LogP contribution in [0.1, 0.15) is 24.8 Å². The van der Waals surface area contributed by atoms with Crippen LogP contribution in [-0.4, -0.2) is 26.8 Å². The fraction of sp³-hybridized carbons (Fsp3) is 0.538. The van der Waals surface area contributed by atoms with E-state index in [1.165, 1.54) is 12.0 Å². The third-order valence-electron chi connectivity index (χ3n) is 3.02. The summed E-state index contributed by atoms with van der Waals surface area (Å²) in [6, 6.07) is 6.14. The summed E-state index contributed by atoms with van der Waals surface area (Å²) in [5, 5.41) is 3.38. The number of nitrogens with one attached hydrogen (secondary N) is 1. The van der Waals surface area contributed by atoms with Gasteiger partial charge in [-0.25, -0.2) is 0 Å². The molecule has 16 heavy (non-hydrogen) atoms. The second-order valence-corrected chi connectivity index (χ2v) is 4.03. The zero-order valence-electron chi connectivity index (χ0n) is 9.95. The normalized spacial score (nSPS) is 19.8. The first-order chi connectivity index (χ1) is 7.85. The van der Waals surface area contributed by atoms with Crippen LogP contribution in [0, 0.1) is 0 Å². The lowest BCUT2D eigenvalue weighted by Gasteiger charge is -2.15. The summed E-state index contributed by atoms with van der Waals surface area (Å²) in [4.78, 5) is 0. The van der Waals surface area contributed by atoms with Gasteiger partial charge in [-0.2, -0.15) is 0 Å². The van der Waals surface area contributed by atoms with Gasteiger partial charge in [-0.3, -0.25) is 0 Å². The van der Waals surface area contributed by atoms with Crippen molar-refractivity contribution in [3.63, 3.8) is 0 Å². The minimum atomic E-state index is 0.575. The number of hydrogen-bond acceptors (Lipinski definition) is 3. The summed E-state index contributed by atoms with van der Waals surface area (Å²) >= 11 is 0. The summed E-state index contributed by atoms with van der Waals surface area (Å²) in [6.45, 7) is 4.82. The van der Waals surface area contributed by atoms with Crippen LogP contribution in [-0.2, 0) is 0 Å². The molecule has 3 heteroatoms. The predicted octanol–water partition coefficient (Wildman–Crippen LogP) is 2.17. The minimum Gasteiger partial charge on any atom is -0.496 e. The largest absolute Gasteiger partial charge is 0.496 e. The molecule has 1 heterocycles. The third kappa shape index (κ3) is 2.30. The first kappa shape index (κ1) is 11.3. The van der Waals surface area contributed by atoms with Gasteiger partial charge in [0.1, 0.15) is 11.5 Å². The molecule has 1 aromatic rings. The van der Waals surface area contributed by atoms with E-state index in [9.17, 15) is 0 Å². The number of rotatable bonds is 4. The molecule has 0 aromatic heterocycles. The molecule has 0 bridgehead atoms. The molecule has 0 amide bonds. The van der Waals surface area contributed by atoms with Crippen molar-refractivity contribution in [3.8, 4) is 11.5 Å². The van der Waals surface area contributed by atoms with Gasteiger partial charge >= 0.3 is 0 Å². The highest BCUT2D eigenvalue weighted by Crippen LogP contribution is 2.33. The maximum atomic E-state index is 5.47. The van der Waals surface area contributed by atoms with Gasteiger partial charge in [-0.1, -0.05) is 6.07 Å². The van der Waals surface area contributed by atoms with Crippen molar-refractivity contribution in [2.45, 2.75) is 19.3 Å². The molecule has 3 nitrogen and oxygen atoms in total. The molecule has 0 saturated carbocycles. The van der Waals surface area contributed by atoms with Crippen LogP contribution < -0.4 is 14.8 Å². The van der Waals surface area contributed by atoms with Crippen LogP contribution in [0.2, 0.25) is 0 Å². The van der Waals surface area contributed by atoms with Crippen LogP contribution in [0.4, 0.5) is 0 Å². The fourth-order valence-electron chi connectivity index (χ4n) is 2.21. The van der Waals surface area contributed by atoms with Gasteiger partial charge in [0.2, 0.25) is 0 Å². The second-order valence-electron chi connectivity index (χ2n) is 4.03. The van der Waals surface area contributed by atoms with E-state index < -0.39 is 0 Å². The standard InChI is InChI=1S/C13H19NO2/c1-3-16-11-4-5-12(13(8-11)15-2)10-6-7-14-9-10/h4-5,8,10,14H,3,6-7,9H2,1-2H3. The van der Waals surface area contributed by atoms with E-state index in [1.54, 1.807) is 7.11 Å². The second kappa shape index (κ2) is 5.21. The molecule has 0 radical (unpaired) electrons. The summed E-state index contributed by atoms with van der Waals surface area (Å²) in [7, 11) is 1.72. The lowest BCUT2D eigenvalue weighted by atomic mass is 9.97. The van der Waals surface area contributed by atoms with Crippen LogP contribution in [0.5, 0.6) is 11.5 Å². The number of ether oxygens (including phenoxy) is 2. The maximum Gasteiger partial charge on any atom is 0.126 e. The van der Waals surface area contributed by atoms with Crippen LogP contribution in [0.15, 0.2) is 18.2 Å². The number of hydrogen-bond donors (Lipinski definition) is 1. The highest BCUT2D eigenvalue weighted by Gasteiger charge is 2.20. The molecule has 1 atom stereocenters. The topological polar surface area (TPSA) is 30.5 Å². The Kier molecular flexibility index (Phi) is 3.67. The average molecular weight is 221 g/mol. The van der Waals surface area contributed by atoms with E-state index in [0.29, 0.717) is 12.5 Å². The molecule has 1 saturated heterocycles. The van der Waals surface area contributed by atoms with E-state index in [-0.39, 0.29) is 0 Å². The molecule has 1 aliphatic rings. The highest BCUT2D eigenvalue weighted by atomic mass is 16.5. The Morgan fingerprint density at radius 1 is 1.44 bits per heavy atom. The van der Waals surface area contributed by atoms with Gasteiger partial charge in [0, 0.05) is 18.5 Å². The lowest BCUT2D eigenvalue weighted by molar-refractivity contribution is 0.335. The van der Waals surface area contributed by atoms with Crippen molar-refractivity contribution in [2.24, 2.45) is 0 Å². The molecule has 1 fully saturated rings. The Morgan fingerprint density at radius 3 is 2.94 bits per heavy atom. The SMILES string of the molecule is CCOc1ccc(C2CCNC2)c(OC)c1. The molecule has 1 aliphatic heterocycles. The summed E-state index contributed by atoms with van der Waals surface area (Å²) < 4.78 is 10.9. The summed E-state index contributed by atoms with van der Waals surface area (Å²) in [5.41, 5.74) is 1.29. The number of methoxy groups -OCH3 is 1. The Labute approximate surface area is 96.8 Å². The molecule has 88 valence electrons. The Balaban J connectivity index is 2.23. The van der Waals surface area contributed by atoms with Crippen molar-refractivity contribution in [2.75, 3.05) is 26.8 Å². The number of benzene rings is 1. The molecule has 2 rings (SSSR count). The van der Waals surface area contributed by atoms with Crippen LogP contribution in [0.25, 0.3) is 0 Å². The smallest absolute Gasteiger partial charge is 0.126 e. The van der Waals surface area contributed by atoms with E-state index in [0.717, 1.165) is 24.6 Å². The van der Waals surface area contributed by atoms with Gasteiger partial charge < -0.3 is 14.8 Å². The lowest BCUT2D eigenvalue weighted by Crippen LogP contribution is -2.08. The first-order valence-corrected chi connectivity index (χ1v) is 5.86. The van der Waals surface area contributed by atoms with Crippen molar-refractivity contribution in [1.82, 2.24) is 5.32 Å². The fourth-order valence-corrected chi connectivity index (χ4v) is 2.21. The summed E-state index contributed by atoms with van der Waals surface area (Å²) in [5.74, 6) is 2.40. The monoisotopic (exact) mass is 221 g/mol. The molecule has 1 unspecified atom stereocenters. The van der Waals surface area contributed by atoms with Gasteiger partial charge in [-0.15, -0.1) is 0 Å². The van der Waals surface area contributed by atoms with Crippen LogP contribution >= 0.6 is 0 Å². The van der Waals surface area contributed by atoms with Crippen molar-refractivity contribution in [1.29, 1.82) is 0 Å². The van der Waals surface area contributed by atoms with E-state index in [4.69, 9.17) is 9.47 Å². The Hall–Kier alpha value is -1.22. The molecular formula is C13H19NO2. The van der Waals surface area contributed by atoms with E-state index in [1.807, 2.05) is 19.1 Å². The first-order valence-electron chi connectivity index (χ1n) is 5.86. The van der Waals surface area contributed by atoms with Gasteiger partial charge in [-0.05, 0) is 31.5 Å². The van der Waals surface area contributed by atoms with E-state index in [2.05, 4.69) is 11.4 Å². The maximum absolute atomic E-state index is 5.47. The zero-order chi connectivity index (χ0) is 11.4. The highest BCUT2D eigenvalue weighted by molar-refractivity contribution is 5.43. The van der Waals surface area contributed by atoms with Crippen molar-refractivity contribution in [3.05, 3.63) is 23.8 Å². The van der Waals surface area contributed by atoms with Crippen molar-refractivity contribution >= 4 is 0 Å². The molecule has 1 aromatic carbocycles. The summed E-state index contributed by atoms with van der Waals surface area (Å²) in [6.07, 6.45) is 1.18. The quantitative estimate of drug-likeness (QED) is 0.845. The average Bonchev–Trinajstić information content (AvgIpc) is 2.83. The van der Waals surface area contributed by atoms with Crippen LogP contribution in [0.3, 0.4) is 0 Å². The molecule has 1 N–H and O–H groups in total. The minimum absolute atomic E-state index is 0.575. The molecule has 0 spiro atoms. The zero-order valence-corrected chi connectivity index (χ0v) is 9.95. The van der Waals surface area contributed by atoms with Gasteiger partial charge in [0.05, 0.1) is 13.7 Å². The molecule has 0 aliphatic carbocycles. The third-order valence-corrected chi connectivity index (χ3v) is 3.02. The van der Waals surface area contributed by atoms with Gasteiger partial charge in [0.25, 0.3) is 0 Å². The Bertz CT molecular complexity index is 346.